The molecule has 0 saturated carbocycles. The van der Waals surface area contributed by atoms with Crippen LogP contribution in [-0.4, -0.2) is 24.5 Å². The normalized spacial score (nSPS) is 24.6. The van der Waals surface area contributed by atoms with E-state index in [-0.39, 0.29) is 6.29 Å². The van der Waals surface area contributed by atoms with Gasteiger partial charge < -0.3 is 14.2 Å². The summed E-state index contributed by atoms with van der Waals surface area (Å²) in [6, 6.07) is 0. The summed E-state index contributed by atoms with van der Waals surface area (Å²) in [6.07, 6.45) is 5.30. The molecule has 1 saturated heterocycles. The fourth-order valence-corrected chi connectivity index (χ4v) is 2.89. The number of ether oxygens (including phenoxy) is 3. The maximum Gasteiger partial charge on any atom is 0.279 e. The average molecular weight is 241 g/mol. The number of aryl methyl sites for hydroxylation is 1. The van der Waals surface area contributed by atoms with E-state index in [2.05, 4.69) is 4.98 Å². The number of rotatable bonds is 2. The number of thiazole rings is 1. The second-order valence-electron chi connectivity index (χ2n) is 4.07. The third kappa shape index (κ3) is 2.15. The third-order valence-electron chi connectivity index (χ3n) is 2.80. The van der Waals surface area contributed by atoms with Gasteiger partial charge >= 0.3 is 0 Å². The minimum absolute atomic E-state index is 0.110. The van der Waals surface area contributed by atoms with Crippen LogP contribution in [0.3, 0.4) is 0 Å². The predicted molar refractivity (Wildman–Crippen MR) is 60.1 cm³/mol. The third-order valence-corrected chi connectivity index (χ3v) is 3.79. The topological polar surface area (TPSA) is 40.6 Å². The van der Waals surface area contributed by atoms with Gasteiger partial charge in [-0.2, -0.15) is 4.98 Å². The molecule has 0 aromatic carbocycles. The van der Waals surface area contributed by atoms with Crippen molar-refractivity contribution in [3.8, 4) is 11.1 Å². The first-order valence-corrected chi connectivity index (χ1v) is 6.64. The van der Waals surface area contributed by atoms with E-state index in [0.29, 0.717) is 5.19 Å². The molecule has 0 bridgehead atoms. The van der Waals surface area contributed by atoms with E-state index in [4.69, 9.17) is 14.2 Å². The predicted octanol–water partition coefficient (Wildman–Crippen LogP) is 2.37. The lowest BCUT2D eigenvalue weighted by Gasteiger charge is -2.21. The molecule has 0 amide bonds. The van der Waals surface area contributed by atoms with Crippen molar-refractivity contribution in [2.24, 2.45) is 0 Å². The molecule has 0 radical (unpaired) electrons. The minimum atomic E-state index is -0.110. The Balaban J connectivity index is 1.67. The molecular formula is C11H15NO3S. The molecule has 0 aliphatic carbocycles. The van der Waals surface area contributed by atoms with Gasteiger partial charge in [-0.1, -0.05) is 11.3 Å². The quantitative estimate of drug-likeness (QED) is 0.797. The van der Waals surface area contributed by atoms with Crippen molar-refractivity contribution < 1.29 is 14.2 Å². The van der Waals surface area contributed by atoms with Gasteiger partial charge in [-0.05, 0) is 25.7 Å². The summed E-state index contributed by atoms with van der Waals surface area (Å²) in [7, 11) is 0. The van der Waals surface area contributed by atoms with E-state index in [1.807, 2.05) is 0 Å². The first-order chi connectivity index (χ1) is 7.92. The number of nitrogens with zero attached hydrogens (tertiary/aromatic N) is 1. The van der Waals surface area contributed by atoms with Crippen molar-refractivity contribution in [1.82, 2.24) is 4.98 Å². The smallest absolute Gasteiger partial charge is 0.279 e. The molecule has 88 valence electrons. The summed E-state index contributed by atoms with van der Waals surface area (Å²) < 4.78 is 16.7. The number of hydrogen-bond acceptors (Lipinski definition) is 5. The molecule has 0 spiro atoms. The van der Waals surface area contributed by atoms with Crippen LogP contribution in [0.2, 0.25) is 0 Å². The van der Waals surface area contributed by atoms with Gasteiger partial charge in [-0.15, -0.1) is 0 Å². The Labute approximate surface area is 98.5 Å². The molecule has 1 fully saturated rings. The molecule has 3 rings (SSSR count). The summed E-state index contributed by atoms with van der Waals surface area (Å²) in [5, 5.41) is 0.693. The van der Waals surface area contributed by atoms with Gasteiger partial charge in [0, 0.05) is 6.42 Å². The highest BCUT2D eigenvalue weighted by Gasteiger charge is 2.21. The van der Waals surface area contributed by atoms with E-state index in [9.17, 15) is 0 Å². The van der Waals surface area contributed by atoms with Gasteiger partial charge in [0.05, 0.1) is 18.1 Å². The zero-order valence-electron chi connectivity index (χ0n) is 9.11. The molecule has 1 aromatic heterocycles. The van der Waals surface area contributed by atoms with Crippen molar-refractivity contribution in [1.29, 1.82) is 0 Å². The van der Waals surface area contributed by atoms with E-state index >= 15 is 0 Å². The Morgan fingerprint density at radius 3 is 3.06 bits per heavy atom. The molecule has 0 N–H and O–H groups in total. The van der Waals surface area contributed by atoms with Crippen molar-refractivity contribution in [3.63, 3.8) is 0 Å². The average Bonchev–Trinajstić information content (AvgIpc) is 2.72. The Morgan fingerprint density at radius 2 is 2.25 bits per heavy atom. The zero-order valence-corrected chi connectivity index (χ0v) is 9.92. The Morgan fingerprint density at radius 1 is 1.25 bits per heavy atom. The molecule has 2 aliphatic heterocycles. The summed E-state index contributed by atoms with van der Waals surface area (Å²) in [5.74, 6) is 0.766. The standard InChI is InChI=1S/C11H15NO3S/c1-2-6-13-9(5-1)15-11-12-10-8(16-11)4-3-7-14-10/h9H,1-7H2. The molecule has 5 heteroatoms. The van der Waals surface area contributed by atoms with Crippen LogP contribution in [-0.2, 0) is 11.2 Å². The van der Waals surface area contributed by atoms with E-state index in [0.717, 1.165) is 44.8 Å². The Kier molecular flexibility index (Phi) is 2.97. The van der Waals surface area contributed by atoms with Crippen molar-refractivity contribution >= 4 is 11.3 Å². The van der Waals surface area contributed by atoms with Gasteiger partial charge in [0.1, 0.15) is 0 Å². The Hall–Kier alpha value is -0.810. The molecule has 1 unspecified atom stereocenters. The lowest BCUT2D eigenvalue weighted by molar-refractivity contribution is -0.106. The van der Waals surface area contributed by atoms with Crippen LogP contribution in [0.15, 0.2) is 0 Å². The SMILES string of the molecule is C1CCC(Oc2nc3c(s2)CCCO3)OC1. The van der Waals surface area contributed by atoms with Crippen LogP contribution in [0, 0.1) is 0 Å². The van der Waals surface area contributed by atoms with Crippen molar-refractivity contribution in [2.75, 3.05) is 13.2 Å². The van der Waals surface area contributed by atoms with E-state index < -0.39 is 0 Å². The Bertz CT molecular complexity index is 337. The summed E-state index contributed by atoms with van der Waals surface area (Å²) >= 11 is 1.59. The molecule has 4 nitrogen and oxygen atoms in total. The lowest BCUT2D eigenvalue weighted by atomic mass is 10.2. The molecular weight excluding hydrogens is 226 g/mol. The summed E-state index contributed by atoms with van der Waals surface area (Å²) in [6.45, 7) is 1.57. The first-order valence-electron chi connectivity index (χ1n) is 5.82. The molecule has 1 atom stereocenters. The fourth-order valence-electron chi connectivity index (χ4n) is 1.96. The van der Waals surface area contributed by atoms with E-state index in [1.165, 1.54) is 11.3 Å². The summed E-state index contributed by atoms with van der Waals surface area (Å²) in [5.41, 5.74) is 0. The second-order valence-corrected chi connectivity index (χ2v) is 5.12. The first kappa shape index (κ1) is 10.4. The molecule has 3 heterocycles. The molecule has 1 aromatic rings. The summed E-state index contributed by atoms with van der Waals surface area (Å²) in [4.78, 5) is 5.54. The highest BCUT2D eigenvalue weighted by molar-refractivity contribution is 7.13. The van der Waals surface area contributed by atoms with Crippen molar-refractivity contribution in [2.45, 2.75) is 38.4 Å². The van der Waals surface area contributed by atoms with Gasteiger partial charge in [-0.3, -0.25) is 0 Å². The van der Waals surface area contributed by atoms with Crippen LogP contribution in [0.5, 0.6) is 11.1 Å². The van der Waals surface area contributed by atoms with Crippen molar-refractivity contribution in [3.05, 3.63) is 4.88 Å². The fraction of sp³-hybridized carbons (Fsp3) is 0.727. The highest BCUT2D eigenvalue weighted by atomic mass is 32.1. The molecule has 16 heavy (non-hydrogen) atoms. The van der Waals surface area contributed by atoms with Gasteiger partial charge in [0.15, 0.2) is 0 Å². The zero-order chi connectivity index (χ0) is 10.8. The van der Waals surface area contributed by atoms with Crippen LogP contribution >= 0.6 is 11.3 Å². The maximum absolute atomic E-state index is 5.71. The van der Waals surface area contributed by atoms with Crippen LogP contribution < -0.4 is 9.47 Å². The number of aromatic nitrogens is 1. The van der Waals surface area contributed by atoms with Gasteiger partial charge in [-0.25, -0.2) is 0 Å². The largest absolute Gasteiger partial charge is 0.477 e. The maximum atomic E-state index is 5.71. The van der Waals surface area contributed by atoms with Gasteiger partial charge in [0.2, 0.25) is 12.2 Å². The van der Waals surface area contributed by atoms with Crippen LogP contribution in [0.25, 0.3) is 0 Å². The number of fused-ring (bicyclic) bond motifs is 1. The monoisotopic (exact) mass is 241 g/mol. The van der Waals surface area contributed by atoms with E-state index in [1.54, 1.807) is 11.3 Å². The number of hydrogen-bond donors (Lipinski definition) is 0. The van der Waals surface area contributed by atoms with Crippen LogP contribution in [0.1, 0.15) is 30.6 Å². The lowest BCUT2D eigenvalue weighted by Crippen LogP contribution is -2.24. The van der Waals surface area contributed by atoms with Gasteiger partial charge in [0.25, 0.3) is 5.19 Å². The molecule has 2 aliphatic rings. The second kappa shape index (κ2) is 4.59. The van der Waals surface area contributed by atoms with Crippen LogP contribution in [0.4, 0.5) is 0 Å². The highest BCUT2D eigenvalue weighted by Crippen LogP contribution is 2.35. The minimum Gasteiger partial charge on any atom is -0.477 e.